The molecule has 1 saturated heterocycles. The molecule has 174 valence electrons. The highest BCUT2D eigenvalue weighted by Gasteiger charge is 2.36. The van der Waals surface area contributed by atoms with E-state index in [1.807, 2.05) is 12.2 Å². The predicted octanol–water partition coefficient (Wildman–Crippen LogP) is 4.34. The van der Waals surface area contributed by atoms with Crippen molar-refractivity contribution >= 4 is 5.97 Å². The number of piperazine rings is 1. The van der Waals surface area contributed by atoms with Gasteiger partial charge in [-0.05, 0) is 25.1 Å². The summed E-state index contributed by atoms with van der Waals surface area (Å²) in [6.07, 6.45) is 7.39. The lowest BCUT2D eigenvalue weighted by molar-refractivity contribution is 0.0524. The Kier molecular flexibility index (Phi) is 7.62. The molecule has 0 saturated carbocycles. The van der Waals surface area contributed by atoms with Gasteiger partial charge >= 0.3 is 5.97 Å². The van der Waals surface area contributed by atoms with Crippen LogP contribution in [0.3, 0.4) is 0 Å². The SMILES string of the molecule is CCOC(=O)c1ccnc(CN2CCN(C(c3ccccc3F)C3C=CC=CC3F)CC2)c1. The van der Waals surface area contributed by atoms with Gasteiger partial charge < -0.3 is 4.74 Å². The molecule has 2 heterocycles. The summed E-state index contributed by atoms with van der Waals surface area (Å²) in [5.74, 6) is -1.10. The molecule has 1 aromatic carbocycles. The van der Waals surface area contributed by atoms with Crippen molar-refractivity contribution in [3.05, 3.63) is 89.5 Å². The Morgan fingerprint density at radius 3 is 2.64 bits per heavy atom. The smallest absolute Gasteiger partial charge is 0.338 e. The van der Waals surface area contributed by atoms with Gasteiger partial charge in [0.1, 0.15) is 12.0 Å². The molecular formula is C26H29F2N3O2. The van der Waals surface area contributed by atoms with Crippen molar-refractivity contribution in [3.8, 4) is 0 Å². The maximum absolute atomic E-state index is 14.8. The molecule has 5 nitrogen and oxygen atoms in total. The normalized spacial score (nSPS) is 22.3. The van der Waals surface area contributed by atoms with Crippen LogP contribution in [-0.4, -0.2) is 59.7 Å². The van der Waals surface area contributed by atoms with Gasteiger partial charge in [-0.25, -0.2) is 13.6 Å². The molecule has 3 atom stereocenters. The van der Waals surface area contributed by atoms with Gasteiger partial charge in [0, 0.05) is 56.4 Å². The first kappa shape index (κ1) is 23.3. The number of benzene rings is 1. The highest BCUT2D eigenvalue weighted by molar-refractivity contribution is 5.89. The first-order valence-corrected chi connectivity index (χ1v) is 11.4. The number of hydrogen-bond donors (Lipinski definition) is 0. The first-order valence-electron chi connectivity index (χ1n) is 11.4. The Labute approximate surface area is 193 Å². The zero-order chi connectivity index (χ0) is 23.2. The van der Waals surface area contributed by atoms with Gasteiger partial charge in [-0.1, -0.05) is 42.5 Å². The van der Waals surface area contributed by atoms with Crippen molar-refractivity contribution in [1.82, 2.24) is 14.8 Å². The second-order valence-corrected chi connectivity index (χ2v) is 8.33. The number of allylic oxidation sites excluding steroid dienone is 3. The van der Waals surface area contributed by atoms with E-state index >= 15 is 0 Å². The van der Waals surface area contributed by atoms with Crippen LogP contribution in [0.2, 0.25) is 0 Å². The van der Waals surface area contributed by atoms with Crippen LogP contribution < -0.4 is 0 Å². The van der Waals surface area contributed by atoms with E-state index in [4.69, 9.17) is 4.74 Å². The average molecular weight is 454 g/mol. The number of esters is 1. The van der Waals surface area contributed by atoms with E-state index in [1.165, 1.54) is 12.1 Å². The maximum Gasteiger partial charge on any atom is 0.338 e. The fourth-order valence-electron chi connectivity index (χ4n) is 4.57. The van der Waals surface area contributed by atoms with Gasteiger partial charge in [-0.2, -0.15) is 0 Å². The van der Waals surface area contributed by atoms with Crippen molar-refractivity contribution in [3.63, 3.8) is 0 Å². The molecule has 33 heavy (non-hydrogen) atoms. The lowest BCUT2D eigenvalue weighted by Gasteiger charge is -2.42. The largest absolute Gasteiger partial charge is 0.462 e. The molecule has 0 bridgehead atoms. The van der Waals surface area contributed by atoms with Crippen LogP contribution in [0.1, 0.15) is 34.6 Å². The Morgan fingerprint density at radius 2 is 1.91 bits per heavy atom. The van der Waals surface area contributed by atoms with Crippen LogP contribution in [0.5, 0.6) is 0 Å². The molecule has 3 unspecified atom stereocenters. The quantitative estimate of drug-likeness (QED) is 0.584. The number of aromatic nitrogens is 1. The minimum atomic E-state index is -1.16. The number of halogens is 2. The fourth-order valence-corrected chi connectivity index (χ4v) is 4.57. The summed E-state index contributed by atoms with van der Waals surface area (Å²) in [4.78, 5) is 20.8. The van der Waals surface area contributed by atoms with Gasteiger partial charge in [0.2, 0.25) is 0 Å². The molecule has 1 aliphatic carbocycles. The molecule has 0 radical (unpaired) electrons. The number of hydrogen-bond acceptors (Lipinski definition) is 5. The summed E-state index contributed by atoms with van der Waals surface area (Å²) in [6.45, 7) is 5.53. The Morgan fingerprint density at radius 1 is 1.15 bits per heavy atom. The lowest BCUT2D eigenvalue weighted by atomic mass is 9.85. The minimum absolute atomic E-state index is 0.305. The molecular weight excluding hydrogens is 424 g/mol. The monoisotopic (exact) mass is 453 g/mol. The van der Waals surface area contributed by atoms with Gasteiger partial charge in [0.05, 0.1) is 17.9 Å². The number of rotatable bonds is 7. The summed E-state index contributed by atoms with van der Waals surface area (Å²) < 4.78 is 34.7. The number of ether oxygens (including phenoxy) is 1. The highest BCUT2D eigenvalue weighted by Crippen LogP contribution is 2.37. The van der Waals surface area contributed by atoms with Gasteiger partial charge in [0.25, 0.3) is 0 Å². The highest BCUT2D eigenvalue weighted by atomic mass is 19.1. The first-order chi connectivity index (χ1) is 16.1. The lowest BCUT2D eigenvalue weighted by Crippen LogP contribution is -2.49. The molecule has 1 fully saturated rings. The average Bonchev–Trinajstić information content (AvgIpc) is 2.83. The van der Waals surface area contributed by atoms with Crippen molar-refractivity contribution in [2.24, 2.45) is 5.92 Å². The van der Waals surface area contributed by atoms with Crippen LogP contribution in [0, 0.1) is 11.7 Å². The summed E-state index contributed by atoms with van der Waals surface area (Å²) >= 11 is 0. The van der Waals surface area contributed by atoms with E-state index in [9.17, 15) is 13.6 Å². The van der Waals surface area contributed by atoms with E-state index in [-0.39, 0.29) is 17.8 Å². The number of alkyl halides is 1. The zero-order valence-electron chi connectivity index (χ0n) is 18.7. The van der Waals surface area contributed by atoms with Gasteiger partial charge in [-0.3, -0.25) is 14.8 Å². The zero-order valence-corrected chi connectivity index (χ0v) is 18.7. The van der Waals surface area contributed by atoms with Crippen molar-refractivity contribution in [1.29, 1.82) is 0 Å². The molecule has 0 amide bonds. The summed E-state index contributed by atoms with van der Waals surface area (Å²) in [7, 11) is 0. The van der Waals surface area contributed by atoms with E-state index in [0.717, 1.165) is 18.8 Å². The van der Waals surface area contributed by atoms with Crippen LogP contribution in [-0.2, 0) is 11.3 Å². The third-order valence-electron chi connectivity index (χ3n) is 6.21. The number of nitrogens with zero attached hydrogens (tertiary/aromatic N) is 3. The Bertz CT molecular complexity index is 1020. The van der Waals surface area contributed by atoms with E-state index in [0.29, 0.717) is 37.4 Å². The number of carbonyl (C=O) groups is 1. The minimum Gasteiger partial charge on any atom is -0.462 e. The second kappa shape index (κ2) is 10.8. The van der Waals surface area contributed by atoms with Crippen molar-refractivity contribution < 1.29 is 18.3 Å². The van der Waals surface area contributed by atoms with Gasteiger partial charge in [-0.15, -0.1) is 0 Å². The van der Waals surface area contributed by atoms with E-state index < -0.39 is 12.1 Å². The molecule has 4 rings (SSSR count). The molecule has 2 aliphatic rings. The second-order valence-electron chi connectivity index (χ2n) is 8.33. The van der Waals surface area contributed by atoms with Crippen molar-refractivity contribution in [2.75, 3.05) is 32.8 Å². The van der Waals surface area contributed by atoms with Crippen LogP contribution >= 0.6 is 0 Å². The van der Waals surface area contributed by atoms with Gasteiger partial charge in [0.15, 0.2) is 0 Å². The number of pyridine rings is 1. The predicted molar refractivity (Wildman–Crippen MR) is 123 cm³/mol. The van der Waals surface area contributed by atoms with Crippen LogP contribution in [0.15, 0.2) is 66.9 Å². The molecule has 0 spiro atoms. The Hall–Kier alpha value is -2.90. The fraction of sp³-hybridized carbons (Fsp3) is 0.385. The number of carbonyl (C=O) groups excluding carboxylic acids is 1. The third-order valence-corrected chi connectivity index (χ3v) is 6.21. The van der Waals surface area contributed by atoms with Crippen molar-refractivity contribution in [2.45, 2.75) is 25.7 Å². The van der Waals surface area contributed by atoms with Crippen LogP contribution in [0.4, 0.5) is 8.78 Å². The summed E-state index contributed by atoms with van der Waals surface area (Å²) in [5, 5.41) is 0. The van der Waals surface area contributed by atoms with E-state index in [2.05, 4.69) is 14.8 Å². The maximum atomic E-state index is 14.8. The topological polar surface area (TPSA) is 45.7 Å². The molecule has 7 heteroatoms. The standard InChI is InChI=1S/C26H29F2N3O2/c1-2-33-26(32)19-11-12-29-20(17-19)18-30-13-15-31(16-14-30)25(21-7-3-5-9-23(21)27)22-8-4-6-10-24(22)28/h3-12,17,21,23,25H,2,13-16,18H2,1H3. The molecule has 2 aromatic rings. The van der Waals surface area contributed by atoms with Crippen LogP contribution in [0.25, 0.3) is 0 Å². The third kappa shape index (κ3) is 5.54. The molecule has 0 N–H and O–H groups in total. The Balaban J connectivity index is 1.45. The van der Waals surface area contributed by atoms with E-state index in [1.54, 1.807) is 49.5 Å². The summed E-state index contributed by atoms with van der Waals surface area (Å²) in [6, 6.07) is 9.70. The summed E-state index contributed by atoms with van der Waals surface area (Å²) in [5.41, 5.74) is 1.82. The molecule has 1 aromatic heterocycles. The molecule has 1 aliphatic heterocycles.